The van der Waals surface area contributed by atoms with Gasteiger partial charge in [0.1, 0.15) is 5.82 Å². The van der Waals surface area contributed by atoms with E-state index in [1.54, 1.807) is 6.07 Å². The number of alkyl halides is 4. The molecule has 2 aromatic rings. The first-order chi connectivity index (χ1) is 8.90. The third-order valence-electron chi connectivity index (χ3n) is 2.49. The summed E-state index contributed by atoms with van der Waals surface area (Å²) in [6.45, 7) is -1.15. The highest BCUT2D eigenvalue weighted by Gasteiger charge is 2.41. The first kappa shape index (κ1) is 13.3. The minimum absolute atomic E-state index is 0.271. The highest BCUT2D eigenvalue weighted by Crippen LogP contribution is 2.27. The van der Waals surface area contributed by atoms with Gasteiger partial charge in [0, 0.05) is 11.8 Å². The Kier molecular flexibility index (Phi) is 3.41. The standard InChI is InChI=1S/C11H10F4N4/c12-10(13)11(14,15)5-19-6-17-4-8(19)7-1-2-9(16)18-3-7/h1-4,6,10H,5H2,(H2,16,18). The van der Waals surface area contributed by atoms with Gasteiger partial charge < -0.3 is 10.3 Å². The van der Waals surface area contributed by atoms with Crippen LogP contribution in [0.4, 0.5) is 23.4 Å². The molecule has 0 spiro atoms. The van der Waals surface area contributed by atoms with E-state index in [0.29, 0.717) is 5.56 Å². The number of nitrogen functional groups attached to an aromatic ring is 1. The van der Waals surface area contributed by atoms with Crippen molar-refractivity contribution in [1.82, 2.24) is 14.5 Å². The van der Waals surface area contributed by atoms with Gasteiger partial charge >= 0.3 is 12.3 Å². The lowest BCUT2D eigenvalue weighted by molar-refractivity contribution is -0.137. The van der Waals surface area contributed by atoms with E-state index in [9.17, 15) is 17.6 Å². The van der Waals surface area contributed by atoms with Crippen LogP contribution in [0.1, 0.15) is 0 Å². The van der Waals surface area contributed by atoms with E-state index in [4.69, 9.17) is 5.73 Å². The van der Waals surface area contributed by atoms with Gasteiger partial charge in [0.2, 0.25) is 0 Å². The molecule has 0 aromatic carbocycles. The fourth-order valence-electron chi connectivity index (χ4n) is 1.54. The fraction of sp³-hybridized carbons (Fsp3) is 0.273. The second kappa shape index (κ2) is 4.87. The molecule has 0 aliphatic carbocycles. The molecule has 0 saturated carbocycles. The topological polar surface area (TPSA) is 56.7 Å². The smallest absolute Gasteiger partial charge is 0.324 e. The van der Waals surface area contributed by atoms with Crippen LogP contribution in [-0.2, 0) is 6.54 Å². The number of hydrogen-bond acceptors (Lipinski definition) is 3. The maximum Gasteiger partial charge on any atom is 0.324 e. The van der Waals surface area contributed by atoms with Crippen LogP contribution in [0, 0.1) is 0 Å². The van der Waals surface area contributed by atoms with E-state index < -0.39 is 18.9 Å². The molecule has 2 rings (SSSR count). The Bertz CT molecular complexity index is 550. The molecule has 0 unspecified atom stereocenters. The highest BCUT2D eigenvalue weighted by atomic mass is 19.3. The van der Waals surface area contributed by atoms with E-state index in [-0.39, 0.29) is 11.5 Å². The second-order valence-electron chi connectivity index (χ2n) is 3.94. The molecular formula is C11H10F4N4. The zero-order valence-corrected chi connectivity index (χ0v) is 9.60. The van der Waals surface area contributed by atoms with Gasteiger partial charge in [-0.25, -0.2) is 18.7 Å². The third-order valence-corrected chi connectivity index (χ3v) is 2.49. The molecule has 2 aromatic heterocycles. The van der Waals surface area contributed by atoms with Crippen LogP contribution in [0.25, 0.3) is 11.3 Å². The molecule has 2 N–H and O–H groups in total. The molecule has 19 heavy (non-hydrogen) atoms. The predicted octanol–water partition coefficient (Wildman–Crippen LogP) is 2.43. The minimum atomic E-state index is -4.11. The van der Waals surface area contributed by atoms with Crippen molar-refractivity contribution >= 4 is 5.82 Å². The van der Waals surface area contributed by atoms with Gasteiger partial charge in [-0.3, -0.25) is 0 Å². The van der Waals surface area contributed by atoms with Gasteiger partial charge in [-0.2, -0.15) is 8.78 Å². The molecule has 0 saturated heterocycles. The van der Waals surface area contributed by atoms with Crippen molar-refractivity contribution in [1.29, 1.82) is 0 Å². The Morgan fingerprint density at radius 1 is 1.26 bits per heavy atom. The van der Waals surface area contributed by atoms with Crippen molar-refractivity contribution in [2.45, 2.75) is 18.9 Å². The molecule has 0 bridgehead atoms. The number of nitrogens with two attached hydrogens (primary N) is 1. The molecular weight excluding hydrogens is 264 g/mol. The number of imidazole rings is 1. The number of rotatable bonds is 4. The summed E-state index contributed by atoms with van der Waals surface area (Å²) in [5.41, 5.74) is 6.15. The van der Waals surface area contributed by atoms with Crippen molar-refractivity contribution in [3.05, 3.63) is 30.9 Å². The zero-order chi connectivity index (χ0) is 14.0. The molecule has 0 radical (unpaired) electrons. The van der Waals surface area contributed by atoms with E-state index in [2.05, 4.69) is 9.97 Å². The number of anilines is 1. The van der Waals surface area contributed by atoms with E-state index in [0.717, 1.165) is 10.9 Å². The Labute approximate surface area is 105 Å². The van der Waals surface area contributed by atoms with Crippen molar-refractivity contribution in [2.75, 3.05) is 5.73 Å². The average molecular weight is 274 g/mol. The molecule has 0 aliphatic rings. The molecule has 0 aliphatic heterocycles. The third kappa shape index (κ3) is 2.83. The van der Waals surface area contributed by atoms with Gasteiger partial charge in [0.15, 0.2) is 0 Å². The normalized spacial score (nSPS) is 12.1. The first-order valence-corrected chi connectivity index (χ1v) is 5.28. The Morgan fingerprint density at radius 3 is 2.58 bits per heavy atom. The molecule has 0 fully saturated rings. The number of hydrogen-bond donors (Lipinski definition) is 1. The lowest BCUT2D eigenvalue weighted by Gasteiger charge is -2.17. The van der Waals surface area contributed by atoms with Crippen LogP contribution in [0.15, 0.2) is 30.9 Å². The van der Waals surface area contributed by atoms with E-state index in [1.807, 2.05) is 0 Å². The van der Waals surface area contributed by atoms with Crippen LogP contribution < -0.4 is 5.73 Å². The predicted molar refractivity (Wildman–Crippen MR) is 60.8 cm³/mol. The number of nitrogens with zero attached hydrogens (tertiary/aromatic N) is 3. The molecule has 2 heterocycles. The maximum absolute atomic E-state index is 13.0. The molecule has 0 atom stereocenters. The summed E-state index contributed by atoms with van der Waals surface area (Å²) >= 11 is 0. The van der Waals surface area contributed by atoms with Gasteiger partial charge in [-0.1, -0.05) is 0 Å². The molecule has 8 heteroatoms. The summed E-state index contributed by atoms with van der Waals surface area (Å²) in [6, 6.07) is 3.04. The van der Waals surface area contributed by atoms with Crippen LogP contribution in [0.3, 0.4) is 0 Å². The highest BCUT2D eigenvalue weighted by molar-refractivity contribution is 5.59. The van der Waals surface area contributed by atoms with Gasteiger partial charge in [0.05, 0.1) is 24.8 Å². The fourth-order valence-corrected chi connectivity index (χ4v) is 1.54. The summed E-state index contributed by atoms with van der Waals surface area (Å²) in [7, 11) is 0. The molecule has 0 amide bonds. The monoisotopic (exact) mass is 274 g/mol. The Morgan fingerprint density at radius 2 is 2.00 bits per heavy atom. The van der Waals surface area contributed by atoms with Gasteiger partial charge in [0.25, 0.3) is 0 Å². The maximum atomic E-state index is 13.0. The van der Waals surface area contributed by atoms with Gasteiger partial charge in [-0.05, 0) is 12.1 Å². The lowest BCUT2D eigenvalue weighted by atomic mass is 10.2. The van der Waals surface area contributed by atoms with E-state index >= 15 is 0 Å². The van der Waals surface area contributed by atoms with Crippen LogP contribution in [0.5, 0.6) is 0 Å². The number of halogens is 4. The largest absolute Gasteiger partial charge is 0.384 e. The lowest BCUT2D eigenvalue weighted by Crippen LogP contribution is -2.32. The van der Waals surface area contributed by atoms with E-state index in [1.165, 1.54) is 18.5 Å². The second-order valence-corrected chi connectivity index (χ2v) is 3.94. The average Bonchev–Trinajstić information content (AvgIpc) is 2.77. The Balaban J connectivity index is 2.30. The summed E-state index contributed by atoms with van der Waals surface area (Å²) < 4.78 is 51.4. The summed E-state index contributed by atoms with van der Waals surface area (Å²) in [6.07, 6.45) is 0.00685. The van der Waals surface area contributed by atoms with Gasteiger partial charge in [-0.15, -0.1) is 0 Å². The zero-order valence-electron chi connectivity index (χ0n) is 9.60. The van der Waals surface area contributed by atoms with Crippen LogP contribution in [-0.4, -0.2) is 26.9 Å². The SMILES string of the molecule is Nc1ccc(-c2cncn2CC(F)(F)C(F)F)cn1. The van der Waals surface area contributed by atoms with Crippen molar-refractivity contribution < 1.29 is 17.6 Å². The van der Waals surface area contributed by atoms with Crippen molar-refractivity contribution in [3.63, 3.8) is 0 Å². The summed E-state index contributed by atoms with van der Waals surface area (Å²) in [4.78, 5) is 7.50. The van der Waals surface area contributed by atoms with Crippen LogP contribution >= 0.6 is 0 Å². The molecule has 4 nitrogen and oxygen atoms in total. The quantitative estimate of drug-likeness (QED) is 0.871. The Hall–Kier alpha value is -2.12. The van der Waals surface area contributed by atoms with Crippen molar-refractivity contribution in [3.8, 4) is 11.3 Å². The minimum Gasteiger partial charge on any atom is -0.384 e. The number of aromatic nitrogens is 3. The molecule has 102 valence electrons. The summed E-state index contributed by atoms with van der Waals surface area (Å²) in [5, 5.41) is 0. The van der Waals surface area contributed by atoms with Crippen LogP contribution in [0.2, 0.25) is 0 Å². The van der Waals surface area contributed by atoms with Crippen molar-refractivity contribution in [2.24, 2.45) is 0 Å². The number of pyridine rings is 1. The summed E-state index contributed by atoms with van der Waals surface area (Å²) in [5.74, 6) is -3.84. The first-order valence-electron chi connectivity index (χ1n) is 5.28.